The van der Waals surface area contributed by atoms with Crippen molar-refractivity contribution in [1.29, 1.82) is 0 Å². The van der Waals surface area contributed by atoms with Crippen LogP contribution >= 0.6 is 0 Å². The molecule has 0 aromatic rings. The van der Waals surface area contributed by atoms with E-state index in [1.54, 1.807) is 7.11 Å². The smallest absolute Gasteiger partial charge is 0.308 e. The van der Waals surface area contributed by atoms with Gasteiger partial charge in [-0.2, -0.15) is 0 Å². The summed E-state index contributed by atoms with van der Waals surface area (Å²) in [5, 5.41) is 0. The van der Waals surface area contributed by atoms with Gasteiger partial charge in [-0.05, 0) is 125 Å². The summed E-state index contributed by atoms with van der Waals surface area (Å²) < 4.78 is 47.0. The maximum absolute atomic E-state index is 13.8. The summed E-state index contributed by atoms with van der Waals surface area (Å²) in [5.41, 5.74) is 0.292. The van der Waals surface area contributed by atoms with Crippen molar-refractivity contribution in [3.05, 3.63) is 35.5 Å². The maximum atomic E-state index is 13.8. The van der Waals surface area contributed by atoms with E-state index < -0.39 is 42.3 Å². The second-order valence-corrected chi connectivity index (χ2v) is 32.7. The molecule has 354 valence electrons. The second-order valence-electron chi connectivity index (χ2n) is 18.6. The lowest BCUT2D eigenvalue weighted by atomic mass is 9.79. The number of allylic oxidation sites excluding steroid dienone is 2. The number of methoxy groups -OCH3 is 1. The van der Waals surface area contributed by atoms with Crippen LogP contribution in [0.15, 0.2) is 35.5 Å². The van der Waals surface area contributed by atoms with Gasteiger partial charge in [0, 0.05) is 32.5 Å². The lowest BCUT2D eigenvalue weighted by Crippen LogP contribution is -2.61. The molecule has 2 heterocycles. The van der Waals surface area contributed by atoms with Crippen molar-refractivity contribution < 1.29 is 41.8 Å². The first-order chi connectivity index (χ1) is 28.8. The Balaban J connectivity index is 2.63. The average Bonchev–Trinajstić information content (AvgIpc) is 4.07. The summed E-state index contributed by atoms with van der Waals surface area (Å²) in [6, 6.07) is 9.35. The fourth-order valence-electron chi connectivity index (χ4n) is 9.62. The van der Waals surface area contributed by atoms with Crippen molar-refractivity contribution in [3.63, 3.8) is 0 Å². The highest BCUT2D eigenvalue weighted by molar-refractivity contribution is 6.74. The number of cyclic esters (lactones) is 1. The minimum atomic E-state index is -2.19. The van der Waals surface area contributed by atoms with Crippen LogP contribution in [-0.4, -0.2) is 91.8 Å². The summed E-state index contributed by atoms with van der Waals surface area (Å²) >= 11 is 0. The summed E-state index contributed by atoms with van der Waals surface area (Å²) in [5.74, 6) is -0.352. The molecule has 0 bridgehead atoms. The molecule has 2 rings (SSSR count). The Morgan fingerprint density at radius 1 is 0.852 bits per heavy atom. The molecule has 0 aliphatic carbocycles. The van der Waals surface area contributed by atoms with Crippen molar-refractivity contribution in [2.45, 2.75) is 252 Å². The van der Waals surface area contributed by atoms with Crippen molar-refractivity contribution in [1.82, 2.24) is 0 Å². The predicted molar refractivity (Wildman–Crippen MR) is 260 cm³/mol. The minimum Gasteiger partial charge on any atom is -0.458 e. The van der Waals surface area contributed by atoms with Crippen LogP contribution in [0.1, 0.15) is 149 Å². The molecule has 1 saturated heterocycles. The molecule has 1 fully saturated rings. The maximum Gasteiger partial charge on any atom is 0.308 e. The van der Waals surface area contributed by atoms with Gasteiger partial charge in [0.25, 0.3) is 0 Å². The molecule has 0 amide bonds. The van der Waals surface area contributed by atoms with Crippen LogP contribution in [0.3, 0.4) is 0 Å². The van der Waals surface area contributed by atoms with E-state index in [-0.39, 0.29) is 54.8 Å². The van der Waals surface area contributed by atoms with Crippen LogP contribution in [0.5, 0.6) is 0 Å². The molecule has 0 unspecified atom stereocenters. The van der Waals surface area contributed by atoms with E-state index in [1.807, 2.05) is 19.1 Å². The van der Waals surface area contributed by atoms with Gasteiger partial charge in [-0.3, -0.25) is 9.59 Å². The van der Waals surface area contributed by atoms with E-state index in [0.29, 0.717) is 19.3 Å². The number of ether oxygens (including phenoxy) is 4. The van der Waals surface area contributed by atoms with Gasteiger partial charge in [-0.25, -0.2) is 0 Å². The van der Waals surface area contributed by atoms with Crippen LogP contribution in [0, 0.1) is 5.92 Å². The first kappa shape index (κ1) is 55.7. The highest BCUT2D eigenvalue weighted by Gasteiger charge is 2.64. The van der Waals surface area contributed by atoms with Crippen LogP contribution < -0.4 is 0 Å². The zero-order valence-electron chi connectivity index (χ0n) is 42.1. The Bertz CT molecular complexity index is 1410. The van der Waals surface area contributed by atoms with E-state index in [9.17, 15) is 9.59 Å². The van der Waals surface area contributed by atoms with E-state index >= 15 is 0 Å². The van der Waals surface area contributed by atoms with Gasteiger partial charge in [0.1, 0.15) is 29.5 Å². The van der Waals surface area contributed by atoms with Crippen molar-refractivity contribution in [2.24, 2.45) is 5.92 Å². The highest BCUT2D eigenvalue weighted by Crippen LogP contribution is 2.50. The Morgan fingerprint density at radius 2 is 1.41 bits per heavy atom. The first-order valence-corrected chi connectivity index (χ1v) is 32.0. The fourth-order valence-corrected chi connectivity index (χ4v) is 18.7. The molecule has 61 heavy (non-hydrogen) atoms. The molecule has 0 aromatic heterocycles. The number of carbonyl (C=O) groups is 2. The van der Waals surface area contributed by atoms with Gasteiger partial charge in [-0.1, -0.05) is 94.4 Å². The molecular weight excluding hydrogens is 817 g/mol. The van der Waals surface area contributed by atoms with E-state index in [4.69, 9.17) is 32.2 Å². The molecule has 0 spiro atoms. The van der Waals surface area contributed by atoms with Gasteiger partial charge in [0.15, 0.2) is 25.0 Å². The van der Waals surface area contributed by atoms with Crippen LogP contribution in [-0.2, 0) is 41.8 Å². The SMILES string of the molecule is CC[C@H](O[Si](CC)(CC)CC)[C@@H](C)[C@@H]1O[C@@H]1[C@@](C)(OC)[C@@](C)(/C=C/C(C)=C(\C)[C@H]1C/C=C/[C@H](OC(C)=O)CCC[C@@H](O[Si](CC)(CC)CC)CC(=O)O1)O[Si](CC)(CC)CC. The molecule has 2 aliphatic heterocycles. The Kier molecular flexibility index (Phi) is 23.2. The largest absolute Gasteiger partial charge is 0.458 e. The Morgan fingerprint density at radius 3 is 1.90 bits per heavy atom. The van der Waals surface area contributed by atoms with Gasteiger partial charge in [0.05, 0.1) is 18.6 Å². The summed E-state index contributed by atoms with van der Waals surface area (Å²) in [7, 11) is -4.21. The molecule has 0 radical (unpaired) electrons. The topological polar surface area (TPSA) is 102 Å². The molecule has 0 N–H and O–H groups in total. The normalized spacial score (nSPS) is 26.2. The third-order valence-electron chi connectivity index (χ3n) is 15.5. The number of hydrogen-bond donors (Lipinski definition) is 0. The standard InChI is InChI=1S/C49H92O9Si3/c1-18-43(57-60(22-5,23-6)24-7)39(13)46-47(55-46)49(16,52-17)48(15,58-61(25-8,26-9)27-10)35-34-37(11)38(12)44-33-29-31-41(53-40(14)50)30-28-32-42(36-45(51)54-44)56-59(19-2,20-3)21-4/h29,31,34-35,39,41-44,46-47H,18-28,30,32-33,36H2,1-17H3/b31-29+,35-34+,38-37+/t39-,41-,42-,43+,44-,46+,47+,48-,49-/m1/s1. The van der Waals surface area contributed by atoms with Crippen LogP contribution in [0.2, 0.25) is 54.4 Å². The summed E-state index contributed by atoms with van der Waals surface area (Å²) in [6.45, 7) is 34.7. The lowest BCUT2D eigenvalue weighted by molar-refractivity contribution is -0.149. The number of carbonyl (C=O) groups excluding carboxylic acids is 2. The van der Waals surface area contributed by atoms with Gasteiger partial charge < -0.3 is 32.2 Å². The lowest BCUT2D eigenvalue weighted by Gasteiger charge is -2.48. The van der Waals surface area contributed by atoms with Gasteiger partial charge in [-0.15, -0.1) is 0 Å². The Labute approximate surface area is 377 Å². The van der Waals surface area contributed by atoms with Crippen LogP contribution in [0.25, 0.3) is 0 Å². The first-order valence-electron chi connectivity index (χ1n) is 24.4. The fraction of sp³-hybridized carbons (Fsp3) is 0.837. The molecule has 9 nitrogen and oxygen atoms in total. The van der Waals surface area contributed by atoms with E-state index in [2.05, 4.69) is 109 Å². The predicted octanol–water partition coefficient (Wildman–Crippen LogP) is 13.0. The molecular formula is C49H92O9Si3. The second kappa shape index (κ2) is 25.3. The summed E-state index contributed by atoms with van der Waals surface area (Å²) in [4.78, 5) is 25.9. The zero-order chi connectivity index (χ0) is 46.2. The van der Waals surface area contributed by atoms with Crippen molar-refractivity contribution >= 4 is 36.9 Å². The van der Waals surface area contributed by atoms with E-state index in [1.165, 1.54) is 6.92 Å². The van der Waals surface area contributed by atoms with Crippen LogP contribution in [0.4, 0.5) is 0 Å². The molecule has 0 aromatic carbocycles. The molecule has 9 atom stereocenters. The Hall–Kier alpha value is -1.39. The number of rotatable bonds is 25. The summed E-state index contributed by atoms with van der Waals surface area (Å²) in [6.07, 6.45) is 10.9. The monoisotopic (exact) mass is 909 g/mol. The van der Waals surface area contributed by atoms with Crippen molar-refractivity contribution in [2.75, 3.05) is 7.11 Å². The molecule has 0 saturated carbocycles. The zero-order valence-corrected chi connectivity index (χ0v) is 45.1. The van der Waals surface area contributed by atoms with Gasteiger partial charge in [0.2, 0.25) is 0 Å². The number of hydrogen-bond acceptors (Lipinski definition) is 9. The van der Waals surface area contributed by atoms with E-state index in [0.717, 1.165) is 78.4 Å². The average molecular weight is 910 g/mol. The number of esters is 2. The number of epoxide rings is 1. The molecule has 2 aliphatic rings. The third kappa shape index (κ3) is 14.6. The quantitative estimate of drug-likeness (QED) is 0.0291. The highest BCUT2D eigenvalue weighted by atomic mass is 28.4. The molecule has 12 heteroatoms. The third-order valence-corrected chi connectivity index (χ3v) is 29.6. The minimum absolute atomic E-state index is 0.0198. The van der Waals surface area contributed by atoms with Crippen molar-refractivity contribution in [3.8, 4) is 0 Å². The van der Waals surface area contributed by atoms with Gasteiger partial charge >= 0.3 is 11.9 Å².